The average molecular weight is 343 g/mol. The minimum atomic E-state index is -3.03. The van der Waals surface area contributed by atoms with Gasteiger partial charge in [0.25, 0.3) is 0 Å². The molecule has 1 heterocycles. The van der Waals surface area contributed by atoms with Gasteiger partial charge >= 0.3 is 6.61 Å². The van der Waals surface area contributed by atoms with Gasteiger partial charge in [0, 0.05) is 11.4 Å². The van der Waals surface area contributed by atoms with E-state index in [1.807, 2.05) is 17.5 Å². The zero-order valence-corrected chi connectivity index (χ0v) is 13.0. The maximum Gasteiger partial charge on any atom is 0.387 e. The molecule has 0 saturated carbocycles. The number of nitrogens with zero attached hydrogens (tertiary/aromatic N) is 1. The second kappa shape index (κ2) is 8.42. The standard InChI is InChI=1S/C15H16F3N3OS/c16-12-4-1-5-13(22-14(17)18)11(12)9-21-15(19)20-7-6-10-3-2-8-23-10/h1-5,8,14H,6-7,9H2,(H3,19,20,21). The minimum absolute atomic E-state index is 0.0594. The second-order valence-electron chi connectivity index (χ2n) is 4.55. The lowest BCUT2D eigenvalue weighted by molar-refractivity contribution is -0.0506. The molecule has 0 aliphatic rings. The van der Waals surface area contributed by atoms with Gasteiger partial charge in [0.15, 0.2) is 5.96 Å². The van der Waals surface area contributed by atoms with Crippen LogP contribution in [0.3, 0.4) is 0 Å². The Morgan fingerprint density at radius 1 is 1.30 bits per heavy atom. The molecule has 0 aliphatic heterocycles. The van der Waals surface area contributed by atoms with E-state index in [2.05, 4.69) is 15.0 Å². The maximum absolute atomic E-state index is 13.7. The Morgan fingerprint density at radius 2 is 2.13 bits per heavy atom. The van der Waals surface area contributed by atoms with E-state index < -0.39 is 12.4 Å². The second-order valence-corrected chi connectivity index (χ2v) is 5.58. The third-order valence-electron chi connectivity index (χ3n) is 2.96. The van der Waals surface area contributed by atoms with Gasteiger partial charge in [0.2, 0.25) is 0 Å². The van der Waals surface area contributed by atoms with Crippen LogP contribution in [0.4, 0.5) is 13.2 Å². The maximum atomic E-state index is 13.7. The van der Waals surface area contributed by atoms with Crippen LogP contribution in [0, 0.1) is 5.82 Å². The lowest BCUT2D eigenvalue weighted by Gasteiger charge is -2.10. The molecule has 0 saturated heterocycles. The monoisotopic (exact) mass is 343 g/mol. The number of alkyl halides is 2. The molecule has 0 atom stereocenters. The van der Waals surface area contributed by atoms with E-state index in [1.165, 1.54) is 17.0 Å². The highest BCUT2D eigenvalue weighted by atomic mass is 32.1. The molecule has 23 heavy (non-hydrogen) atoms. The number of rotatable bonds is 7. The van der Waals surface area contributed by atoms with Crippen LogP contribution in [0.15, 0.2) is 40.7 Å². The number of guanidine groups is 1. The molecule has 2 aromatic rings. The number of thiophene rings is 1. The highest BCUT2D eigenvalue weighted by molar-refractivity contribution is 7.09. The quantitative estimate of drug-likeness (QED) is 0.600. The third kappa shape index (κ3) is 5.48. The van der Waals surface area contributed by atoms with E-state index in [0.29, 0.717) is 6.54 Å². The lowest BCUT2D eigenvalue weighted by Crippen LogP contribution is -2.33. The summed E-state index contributed by atoms with van der Waals surface area (Å²) in [6, 6.07) is 7.68. The predicted molar refractivity (Wildman–Crippen MR) is 84.4 cm³/mol. The van der Waals surface area contributed by atoms with Crippen molar-refractivity contribution < 1.29 is 17.9 Å². The molecular formula is C15H16F3N3OS. The van der Waals surface area contributed by atoms with Gasteiger partial charge in [-0.1, -0.05) is 12.1 Å². The van der Waals surface area contributed by atoms with Crippen LogP contribution in [0.1, 0.15) is 10.4 Å². The van der Waals surface area contributed by atoms with Gasteiger partial charge in [0.05, 0.1) is 12.1 Å². The van der Waals surface area contributed by atoms with Crippen LogP contribution < -0.4 is 15.8 Å². The molecule has 1 aromatic carbocycles. The van der Waals surface area contributed by atoms with Crippen LogP contribution in [-0.2, 0) is 13.0 Å². The van der Waals surface area contributed by atoms with Crippen molar-refractivity contribution in [1.29, 1.82) is 0 Å². The first-order valence-electron chi connectivity index (χ1n) is 6.84. The van der Waals surface area contributed by atoms with Crippen LogP contribution in [0.2, 0.25) is 0 Å². The summed E-state index contributed by atoms with van der Waals surface area (Å²) in [5.74, 6) is -0.791. The number of halogens is 3. The molecule has 8 heteroatoms. The summed E-state index contributed by atoms with van der Waals surface area (Å²) in [6.07, 6.45) is 0.785. The number of hydrogen-bond donors (Lipinski definition) is 2. The Kier molecular flexibility index (Phi) is 6.28. The summed E-state index contributed by atoms with van der Waals surface area (Å²) in [6.45, 7) is -2.64. The van der Waals surface area contributed by atoms with Crippen molar-refractivity contribution in [3.63, 3.8) is 0 Å². The van der Waals surface area contributed by atoms with Crippen molar-refractivity contribution >= 4 is 17.3 Å². The molecule has 0 bridgehead atoms. The van der Waals surface area contributed by atoms with Crippen LogP contribution >= 0.6 is 11.3 Å². The Bertz CT molecular complexity index is 647. The van der Waals surface area contributed by atoms with Crippen LogP contribution in [0.5, 0.6) is 5.75 Å². The largest absolute Gasteiger partial charge is 0.434 e. The first-order valence-corrected chi connectivity index (χ1v) is 7.72. The molecule has 3 N–H and O–H groups in total. The molecule has 2 rings (SSSR count). The van der Waals surface area contributed by atoms with E-state index in [9.17, 15) is 13.2 Å². The Balaban J connectivity index is 1.92. The molecule has 4 nitrogen and oxygen atoms in total. The van der Waals surface area contributed by atoms with Gasteiger partial charge in [-0.15, -0.1) is 11.3 Å². The zero-order valence-electron chi connectivity index (χ0n) is 12.1. The van der Waals surface area contributed by atoms with Crippen molar-refractivity contribution in [3.05, 3.63) is 52.0 Å². The summed E-state index contributed by atoms with van der Waals surface area (Å²) < 4.78 is 42.7. The van der Waals surface area contributed by atoms with E-state index in [-0.39, 0.29) is 23.8 Å². The molecule has 0 radical (unpaired) electrons. The molecule has 0 fully saturated rings. The number of benzene rings is 1. The Hall–Kier alpha value is -2.22. The number of hydrogen-bond acceptors (Lipinski definition) is 3. The lowest BCUT2D eigenvalue weighted by atomic mass is 10.2. The van der Waals surface area contributed by atoms with Crippen LogP contribution in [-0.4, -0.2) is 19.1 Å². The molecule has 0 aliphatic carbocycles. The zero-order chi connectivity index (χ0) is 16.7. The fourth-order valence-electron chi connectivity index (χ4n) is 1.89. The Labute approximate surface area is 135 Å². The topological polar surface area (TPSA) is 59.6 Å². The van der Waals surface area contributed by atoms with Crippen molar-refractivity contribution in [2.45, 2.75) is 19.6 Å². The highest BCUT2D eigenvalue weighted by Crippen LogP contribution is 2.24. The molecule has 1 aromatic heterocycles. The molecule has 0 spiro atoms. The number of nitrogens with two attached hydrogens (primary N) is 1. The third-order valence-corrected chi connectivity index (χ3v) is 3.89. The molecule has 124 valence electrons. The van der Waals surface area contributed by atoms with Crippen molar-refractivity contribution in [1.82, 2.24) is 5.32 Å². The normalized spacial score (nSPS) is 11.7. The first kappa shape index (κ1) is 17.1. The summed E-state index contributed by atoms with van der Waals surface area (Å²) >= 11 is 1.64. The SMILES string of the molecule is NC(=NCc1c(F)cccc1OC(F)F)NCCc1cccs1. The number of ether oxygens (including phenoxy) is 1. The van der Waals surface area contributed by atoms with E-state index >= 15 is 0 Å². The summed E-state index contributed by atoms with van der Waals surface area (Å²) in [7, 11) is 0. The summed E-state index contributed by atoms with van der Waals surface area (Å²) in [5, 5.41) is 4.88. The smallest absolute Gasteiger partial charge is 0.387 e. The van der Waals surface area contributed by atoms with Gasteiger partial charge in [-0.25, -0.2) is 9.38 Å². The fraction of sp³-hybridized carbons (Fsp3) is 0.267. The van der Waals surface area contributed by atoms with Crippen molar-refractivity contribution in [3.8, 4) is 5.75 Å². The van der Waals surface area contributed by atoms with E-state index in [4.69, 9.17) is 5.73 Å². The van der Waals surface area contributed by atoms with Gasteiger partial charge in [-0.05, 0) is 30.0 Å². The van der Waals surface area contributed by atoms with Gasteiger partial charge < -0.3 is 15.8 Å². The van der Waals surface area contributed by atoms with Gasteiger partial charge in [-0.2, -0.15) is 8.78 Å². The Morgan fingerprint density at radius 3 is 2.83 bits per heavy atom. The molecule has 0 amide bonds. The van der Waals surface area contributed by atoms with Crippen LogP contribution in [0.25, 0.3) is 0 Å². The molecular weight excluding hydrogens is 327 g/mol. The van der Waals surface area contributed by atoms with Gasteiger partial charge in [0.1, 0.15) is 11.6 Å². The summed E-state index contributed by atoms with van der Waals surface area (Å²) in [5.41, 5.74) is 5.63. The molecule has 0 unspecified atom stereocenters. The number of aliphatic imine (C=N–C) groups is 1. The highest BCUT2D eigenvalue weighted by Gasteiger charge is 2.13. The first-order chi connectivity index (χ1) is 11.1. The fourth-order valence-corrected chi connectivity index (χ4v) is 2.60. The summed E-state index contributed by atoms with van der Waals surface area (Å²) in [4.78, 5) is 5.16. The average Bonchev–Trinajstić information content (AvgIpc) is 2.99. The number of nitrogens with one attached hydrogen (secondary N) is 1. The van der Waals surface area contributed by atoms with Crippen molar-refractivity contribution in [2.24, 2.45) is 10.7 Å². The minimum Gasteiger partial charge on any atom is -0.434 e. The van der Waals surface area contributed by atoms with E-state index in [1.54, 1.807) is 11.3 Å². The van der Waals surface area contributed by atoms with E-state index in [0.717, 1.165) is 12.5 Å². The van der Waals surface area contributed by atoms with Crippen molar-refractivity contribution in [2.75, 3.05) is 6.54 Å². The predicted octanol–water partition coefficient (Wildman–Crippen LogP) is 3.14. The van der Waals surface area contributed by atoms with Gasteiger partial charge in [-0.3, -0.25) is 0 Å².